The molecule has 1 amide bonds. The molecule has 0 bridgehead atoms. The van der Waals surface area contributed by atoms with Gasteiger partial charge in [0.2, 0.25) is 0 Å². The highest BCUT2D eigenvalue weighted by Gasteiger charge is 2.17. The van der Waals surface area contributed by atoms with Gasteiger partial charge in [0.25, 0.3) is 0 Å². The first-order valence-corrected chi connectivity index (χ1v) is 7.65. The summed E-state index contributed by atoms with van der Waals surface area (Å²) in [6, 6.07) is 5.37. The fraction of sp³-hybridized carbons (Fsp3) is 0.412. The molecule has 0 aliphatic rings. The first kappa shape index (κ1) is 17.7. The fourth-order valence-electron chi connectivity index (χ4n) is 2.06. The Morgan fingerprint density at radius 1 is 1.29 bits per heavy atom. The highest BCUT2D eigenvalue weighted by atomic mass is 16.6. The number of rotatable bonds is 5. The topological polar surface area (TPSA) is 77.4 Å². The van der Waals surface area contributed by atoms with E-state index in [2.05, 4.69) is 15.6 Å². The second-order valence-electron chi connectivity index (χ2n) is 6.39. The molecule has 1 heterocycles. The first-order valence-electron chi connectivity index (χ1n) is 7.65. The van der Waals surface area contributed by atoms with Gasteiger partial charge in [-0.15, -0.1) is 0 Å². The van der Waals surface area contributed by atoms with Crippen molar-refractivity contribution in [3.05, 3.63) is 36.4 Å². The van der Waals surface area contributed by atoms with Gasteiger partial charge in [-0.3, -0.25) is 5.32 Å². The predicted molar refractivity (Wildman–Crippen MR) is 93.4 cm³/mol. The lowest BCUT2D eigenvalue weighted by atomic mass is 10.2. The molecule has 0 unspecified atom stereocenters. The number of carbonyl (C=O) groups is 1. The summed E-state index contributed by atoms with van der Waals surface area (Å²) in [6.45, 7) is 6.03. The number of carbonyl (C=O) groups excluding carboxylic acids is 1. The van der Waals surface area contributed by atoms with E-state index in [9.17, 15) is 4.79 Å². The monoisotopic (exact) mass is 332 g/mol. The van der Waals surface area contributed by atoms with Gasteiger partial charge in [-0.1, -0.05) is 0 Å². The highest BCUT2D eigenvalue weighted by Crippen LogP contribution is 2.28. The minimum atomic E-state index is -0.557. The van der Waals surface area contributed by atoms with Crippen LogP contribution in [-0.4, -0.2) is 28.4 Å². The van der Waals surface area contributed by atoms with Crippen molar-refractivity contribution >= 4 is 17.5 Å². The van der Waals surface area contributed by atoms with Crippen molar-refractivity contribution in [2.24, 2.45) is 7.05 Å². The minimum absolute atomic E-state index is 0.503. The summed E-state index contributed by atoms with van der Waals surface area (Å²) < 4.78 is 12.5. The Labute approximate surface area is 142 Å². The van der Waals surface area contributed by atoms with E-state index >= 15 is 0 Å². The van der Waals surface area contributed by atoms with Gasteiger partial charge >= 0.3 is 6.09 Å². The van der Waals surface area contributed by atoms with Crippen molar-refractivity contribution in [1.82, 2.24) is 9.55 Å². The SMILES string of the molecule is COc1ccc(NC(=O)OC(C)(C)C)c(NCc2cncn2C)c1. The molecule has 0 fully saturated rings. The summed E-state index contributed by atoms with van der Waals surface area (Å²) in [5, 5.41) is 6.05. The Morgan fingerprint density at radius 3 is 2.62 bits per heavy atom. The number of nitrogens with one attached hydrogen (secondary N) is 2. The van der Waals surface area contributed by atoms with E-state index < -0.39 is 11.7 Å². The molecule has 130 valence electrons. The lowest BCUT2D eigenvalue weighted by molar-refractivity contribution is 0.0636. The number of nitrogens with zero attached hydrogens (tertiary/aromatic N) is 2. The third-order valence-electron chi connectivity index (χ3n) is 3.24. The molecule has 0 saturated carbocycles. The lowest BCUT2D eigenvalue weighted by Crippen LogP contribution is -2.27. The molecule has 0 spiro atoms. The van der Waals surface area contributed by atoms with E-state index in [0.29, 0.717) is 18.0 Å². The van der Waals surface area contributed by atoms with Crippen LogP contribution in [0, 0.1) is 0 Å². The van der Waals surface area contributed by atoms with Crippen molar-refractivity contribution < 1.29 is 14.3 Å². The lowest BCUT2D eigenvalue weighted by Gasteiger charge is -2.21. The number of aryl methyl sites for hydroxylation is 1. The van der Waals surface area contributed by atoms with E-state index in [1.165, 1.54) is 0 Å². The molecular formula is C17H24N4O3. The van der Waals surface area contributed by atoms with E-state index in [-0.39, 0.29) is 0 Å². The smallest absolute Gasteiger partial charge is 0.412 e. The summed E-state index contributed by atoms with van der Waals surface area (Å²) in [4.78, 5) is 16.1. The van der Waals surface area contributed by atoms with Crippen LogP contribution in [-0.2, 0) is 18.3 Å². The third kappa shape index (κ3) is 4.91. The van der Waals surface area contributed by atoms with Crippen LogP contribution in [0.2, 0.25) is 0 Å². The molecule has 2 N–H and O–H groups in total. The van der Waals surface area contributed by atoms with Crippen LogP contribution in [0.4, 0.5) is 16.2 Å². The molecule has 0 radical (unpaired) electrons. The molecule has 24 heavy (non-hydrogen) atoms. The molecule has 2 rings (SSSR count). The van der Waals surface area contributed by atoms with Crippen LogP contribution in [0.25, 0.3) is 0 Å². The van der Waals surface area contributed by atoms with Crippen molar-refractivity contribution in [2.75, 3.05) is 17.7 Å². The summed E-state index contributed by atoms with van der Waals surface area (Å²) in [7, 11) is 3.52. The molecule has 0 aliphatic carbocycles. The van der Waals surface area contributed by atoms with Gasteiger partial charge in [0.05, 0.1) is 37.1 Å². The number of amides is 1. The summed E-state index contributed by atoms with van der Waals surface area (Å²) in [5.74, 6) is 0.692. The van der Waals surface area contributed by atoms with Gasteiger partial charge in [0.15, 0.2) is 0 Å². The van der Waals surface area contributed by atoms with Gasteiger partial charge in [-0.2, -0.15) is 0 Å². The summed E-state index contributed by atoms with van der Waals surface area (Å²) in [5.41, 5.74) is 1.81. The molecule has 7 nitrogen and oxygen atoms in total. The average molecular weight is 332 g/mol. The Morgan fingerprint density at radius 2 is 2.04 bits per heavy atom. The number of benzene rings is 1. The third-order valence-corrected chi connectivity index (χ3v) is 3.24. The maximum absolute atomic E-state index is 12.0. The van der Waals surface area contributed by atoms with Gasteiger partial charge in [0, 0.05) is 19.3 Å². The molecule has 1 aromatic carbocycles. The standard InChI is InChI=1S/C17H24N4O3/c1-17(2,3)24-16(22)20-14-7-6-13(23-5)8-15(14)19-10-12-9-18-11-21(12)4/h6-9,11,19H,10H2,1-5H3,(H,20,22). The highest BCUT2D eigenvalue weighted by molar-refractivity contribution is 5.90. The second kappa shape index (κ2) is 7.25. The summed E-state index contributed by atoms with van der Waals surface area (Å²) in [6.07, 6.45) is 3.02. The molecule has 0 atom stereocenters. The van der Waals surface area contributed by atoms with Crippen LogP contribution in [0.15, 0.2) is 30.7 Å². The van der Waals surface area contributed by atoms with Crippen molar-refractivity contribution in [1.29, 1.82) is 0 Å². The zero-order valence-electron chi connectivity index (χ0n) is 14.7. The largest absolute Gasteiger partial charge is 0.497 e. The van der Waals surface area contributed by atoms with E-state index in [1.807, 2.05) is 38.5 Å². The first-order chi connectivity index (χ1) is 11.3. The van der Waals surface area contributed by atoms with Crippen LogP contribution in [0.5, 0.6) is 5.75 Å². The molecule has 0 aliphatic heterocycles. The average Bonchev–Trinajstić information content (AvgIpc) is 2.89. The molecule has 7 heteroatoms. The predicted octanol–water partition coefficient (Wildman–Crippen LogP) is 3.39. The number of aromatic nitrogens is 2. The Kier molecular flexibility index (Phi) is 5.33. The number of hydrogen-bond donors (Lipinski definition) is 2. The number of anilines is 2. The molecule has 0 saturated heterocycles. The Hall–Kier alpha value is -2.70. The zero-order valence-corrected chi connectivity index (χ0v) is 14.7. The van der Waals surface area contributed by atoms with Crippen molar-refractivity contribution in [2.45, 2.75) is 32.9 Å². The van der Waals surface area contributed by atoms with Crippen molar-refractivity contribution in [3.8, 4) is 5.75 Å². The fourth-order valence-corrected chi connectivity index (χ4v) is 2.06. The Bertz CT molecular complexity index is 704. The number of ether oxygens (including phenoxy) is 2. The minimum Gasteiger partial charge on any atom is -0.497 e. The number of hydrogen-bond acceptors (Lipinski definition) is 5. The second-order valence-corrected chi connectivity index (χ2v) is 6.39. The van der Waals surface area contributed by atoms with E-state index in [0.717, 1.165) is 11.4 Å². The summed E-state index contributed by atoms with van der Waals surface area (Å²) >= 11 is 0. The Balaban J connectivity index is 2.15. The van der Waals surface area contributed by atoms with E-state index in [1.54, 1.807) is 31.8 Å². The van der Waals surface area contributed by atoms with Crippen molar-refractivity contribution in [3.63, 3.8) is 0 Å². The quantitative estimate of drug-likeness (QED) is 0.877. The van der Waals surface area contributed by atoms with Gasteiger partial charge < -0.3 is 19.4 Å². The normalized spacial score (nSPS) is 11.0. The van der Waals surface area contributed by atoms with Crippen LogP contribution >= 0.6 is 0 Å². The van der Waals surface area contributed by atoms with Gasteiger partial charge in [0.1, 0.15) is 11.4 Å². The number of methoxy groups -OCH3 is 1. The number of imidazole rings is 1. The van der Waals surface area contributed by atoms with Gasteiger partial charge in [-0.25, -0.2) is 9.78 Å². The maximum atomic E-state index is 12.0. The maximum Gasteiger partial charge on any atom is 0.412 e. The van der Waals surface area contributed by atoms with Crippen LogP contribution in [0.1, 0.15) is 26.5 Å². The molecule has 2 aromatic rings. The zero-order chi connectivity index (χ0) is 17.7. The van der Waals surface area contributed by atoms with Crippen LogP contribution in [0.3, 0.4) is 0 Å². The van der Waals surface area contributed by atoms with Gasteiger partial charge in [-0.05, 0) is 32.9 Å². The molecular weight excluding hydrogens is 308 g/mol. The van der Waals surface area contributed by atoms with Crippen LogP contribution < -0.4 is 15.4 Å². The van der Waals surface area contributed by atoms with E-state index in [4.69, 9.17) is 9.47 Å². The molecule has 1 aromatic heterocycles.